The van der Waals surface area contributed by atoms with Gasteiger partial charge in [-0.1, -0.05) is 84.0 Å². The molecule has 2 amide bonds. The Labute approximate surface area is 255 Å². The molecular formula is C28H29Cl4N3O4S. The van der Waals surface area contributed by atoms with Gasteiger partial charge in [-0.15, -0.1) is 0 Å². The van der Waals surface area contributed by atoms with E-state index >= 15 is 0 Å². The van der Waals surface area contributed by atoms with Crippen LogP contribution in [0.3, 0.4) is 0 Å². The number of rotatable bonds is 12. The normalized spacial score (nSPS) is 12.1. The second-order valence-electron chi connectivity index (χ2n) is 9.01. The third kappa shape index (κ3) is 8.04. The van der Waals surface area contributed by atoms with Gasteiger partial charge < -0.3 is 10.2 Å². The monoisotopic (exact) mass is 643 g/mol. The van der Waals surface area contributed by atoms with Crippen LogP contribution < -0.4 is 9.62 Å². The number of halogens is 4. The lowest BCUT2D eigenvalue weighted by Gasteiger charge is -2.32. The van der Waals surface area contributed by atoms with Crippen LogP contribution in [0.5, 0.6) is 0 Å². The number of carbonyl (C=O) groups is 2. The fourth-order valence-corrected chi connectivity index (χ4v) is 6.07. The lowest BCUT2D eigenvalue weighted by molar-refractivity contribution is -0.139. The van der Waals surface area contributed by atoms with Crippen molar-refractivity contribution in [3.63, 3.8) is 0 Å². The Kier molecular flexibility index (Phi) is 11.5. The SMILES string of the molecule is CCCCNC(=O)[C@@H](C)N(Cc1ccc(Cl)c(Cl)c1)C(=O)CN(c1cc(Cl)ccc1Cl)S(=O)(=O)c1ccccc1. The van der Waals surface area contributed by atoms with Crippen LogP contribution in [0.15, 0.2) is 71.6 Å². The van der Waals surface area contributed by atoms with E-state index in [-0.39, 0.29) is 38.1 Å². The summed E-state index contributed by atoms with van der Waals surface area (Å²) in [5.74, 6) is -1.01. The molecule has 0 saturated carbocycles. The third-order valence-electron chi connectivity index (χ3n) is 6.12. The lowest BCUT2D eigenvalue weighted by Crippen LogP contribution is -2.51. The molecule has 3 aromatic rings. The highest BCUT2D eigenvalue weighted by atomic mass is 35.5. The summed E-state index contributed by atoms with van der Waals surface area (Å²) in [6.45, 7) is 3.35. The van der Waals surface area contributed by atoms with Crippen molar-refractivity contribution in [3.8, 4) is 0 Å². The third-order valence-corrected chi connectivity index (χ3v) is 9.19. The lowest BCUT2D eigenvalue weighted by atomic mass is 10.1. The summed E-state index contributed by atoms with van der Waals surface area (Å²) >= 11 is 24.9. The first-order valence-electron chi connectivity index (χ1n) is 12.5. The van der Waals surface area contributed by atoms with Crippen molar-refractivity contribution >= 4 is 73.9 Å². The molecule has 0 unspecified atom stereocenters. The van der Waals surface area contributed by atoms with Gasteiger partial charge in [-0.05, 0) is 61.4 Å². The predicted octanol–water partition coefficient (Wildman–Crippen LogP) is 6.83. The largest absolute Gasteiger partial charge is 0.354 e. The Bertz CT molecular complexity index is 1460. The van der Waals surface area contributed by atoms with Crippen LogP contribution in [0.25, 0.3) is 0 Å². The highest BCUT2D eigenvalue weighted by molar-refractivity contribution is 7.92. The van der Waals surface area contributed by atoms with Gasteiger partial charge >= 0.3 is 0 Å². The quantitative estimate of drug-likeness (QED) is 0.219. The smallest absolute Gasteiger partial charge is 0.264 e. The first kappa shape index (κ1) is 32.0. The zero-order chi connectivity index (χ0) is 29.4. The molecule has 0 fully saturated rings. The summed E-state index contributed by atoms with van der Waals surface area (Å²) in [5, 5.41) is 3.77. The minimum Gasteiger partial charge on any atom is -0.354 e. The average molecular weight is 645 g/mol. The van der Waals surface area contributed by atoms with Crippen molar-refractivity contribution in [2.75, 3.05) is 17.4 Å². The number of nitrogens with one attached hydrogen (secondary N) is 1. The molecule has 0 saturated heterocycles. The maximum absolute atomic E-state index is 13.9. The first-order valence-corrected chi connectivity index (χ1v) is 15.4. The second-order valence-corrected chi connectivity index (χ2v) is 12.5. The Morgan fingerprint density at radius 1 is 0.900 bits per heavy atom. The van der Waals surface area contributed by atoms with Crippen molar-refractivity contribution in [2.45, 2.75) is 44.2 Å². The van der Waals surface area contributed by atoms with Gasteiger partial charge in [0.05, 0.1) is 25.7 Å². The molecule has 0 aromatic heterocycles. The van der Waals surface area contributed by atoms with Crippen LogP contribution in [0, 0.1) is 0 Å². The maximum Gasteiger partial charge on any atom is 0.264 e. The van der Waals surface area contributed by atoms with Gasteiger partial charge in [0.15, 0.2) is 0 Å². The number of benzene rings is 3. The zero-order valence-electron chi connectivity index (χ0n) is 21.9. The summed E-state index contributed by atoms with van der Waals surface area (Å²) < 4.78 is 28.5. The fourth-order valence-electron chi connectivity index (χ4n) is 3.86. The number of sulfonamides is 1. The topological polar surface area (TPSA) is 86.8 Å². The van der Waals surface area contributed by atoms with E-state index in [2.05, 4.69) is 5.32 Å². The average Bonchev–Trinajstić information content (AvgIpc) is 2.93. The summed E-state index contributed by atoms with van der Waals surface area (Å²) in [5.41, 5.74) is 0.634. The van der Waals surface area contributed by atoms with Gasteiger partial charge in [-0.3, -0.25) is 13.9 Å². The van der Waals surface area contributed by atoms with E-state index in [0.29, 0.717) is 17.1 Å². The van der Waals surface area contributed by atoms with Gasteiger partial charge in [0.25, 0.3) is 10.0 Å². The molecule has 12 heteroatoms. The molecular weight excluding hydrogens is 616 g/mol. The molecule has 0 bridgehead atoms. The van der Waals surface area contributed by atoms with Crippen LogP contribution in [-0.2, 0) is 26.2 Å². The number of amides is 2. The fraction of sp³-hybridized carbons (Fsp3) is 0.286. The number of hydrogen-bond donors (Lipinski definition) is 1. The van der Waals surface area contributed by atoms with E-state index in [1.807, 2.05) is 6.92 Å². The van der Waals surface area contributed by atoms with Gasteiger partial charge in [-0.2, -0.15) is 0 Å². The van der Waals surface area contributed by atoms with E-state index in [1.165, 1.54) is 35.2 Å². The summed E-state index contributed by atoms with van der Waals surface area (Å²) in [7, 11) is -4.27. The molecule has 214 valence electrons. The molecule has 0 aliphatic carbocycles. The van der Waals surface area contributed by atoms with E-state index < -0.39 is 28.5 Å². The molecule has 3 aromatic carbocycles. The van der Waals surface area contributed by atoms with E-state index in [9.17, 15) is 18.0 Å². The molecule has 0 aliphatic heterocycles. The number of carbonyl (C=O) groups excluding carboxylic acids is 2. The maximum atomic E-state index is 13.9. The Hall–Kier alpha value is -2.49. The van der Waals surface area contributed by atoms with E-state index in [1.54, 1.807) is 43.3 Å². The van der Waals surface area contributed by atoms with E-state index in [0.717, 1.165) is 17.1 Å². The summed E-state index contributed by atoms with van der Waals surface area (Å²) in [6.07, 6.45) is 1.66. The van der Waals surface area contributed by atoms with Crippen molar-refractivity contribution < 1.29 is 18.0 Å². The number of nitrogens with zero attached hydrogens (tertiary/aromatic N) is 2. The standard InChI is InChI=1S/C28H29Cl4N3O4S/c1-3-4-14-33-28(37)19(2)34(17-20-10-12-23(30)25(32)15-20)27(36)18-35(26-16-21(29)11-13-24(26)31)40(38,39)22-8-6-5-7-9-22/h5-13,15-16,19H,3-4,14,17-18H2,1-2H3,(H,33,37)/t19-/m1/s1. The van der Waals surface area contributed by atoms with Gasteiger partial charge in [-0.25, -0.2) is 8.42 Å². The summed E-state index contributed by atoms with van der Waals surface area (Å²) in [6, 6.07) is 15.9. The Morgan fingerprint density at radius 2 is 1.57 bits per heavy atom. The summed E-state index contributed by atoms with van der Waals surface area (Å²) in [4.78, 5) is 28.2. The van der Waals surface area contributed by atoms with Crippen LogP contribution >= 0.6 is 46.4 Å². The Balaban J connectivity index is 2.04. The van der Waals surface area contributed by atoms with Crippen molar-refractivity contribution in [2.24, 2.45) is 0 Å². The van der Waals surface area contributed by atoms with Crippen molar-refractivity contribution in [1.82, 2.24) is 10.2 Å². The van der Waals surface area contributed by atoms with Crippen molar-refractivity contribution in [1.29, 1.82) is 0 Å². The number of hydrogen-bond acceptors (Lipinski definition) is 4. The van der Waals surface area contributed by atoms with Crippen LogP contribution in [0.4, 0.5) is 5.69 Å². The number of anilines is 1. The highest BCUT2D eigenvalue weighted by Gasteiger charge is 2.33. The minimum atomic E-state index is -4.27. The molecule has 40 heavy (non-hydrogen) atoms. The van der Waals surface area contributed by atoms with Crippen LogP contribution in [-0.4, -0.2) is 44.3 Å². The van der Waals surface area contributed by atoms with Gasteiger partial charge in [0.2, 0.25) is 11.8 Å². The van der Waals surface area contributed by atoms with Crippen LogP contribution in [0.2, 0.25) is 20.1 Å². The zero-order valence-corrected chi connectivity index (χ0v) is 25.8. The first-order chi connectivity index (χ1) is 18.9. The van der Waals surface area contributed by atoms with Gasteiger partial charge in [0.1, 0.15) is 12.6 Å². The molecule has 0 spiro atoms. The molecule has 0 aliphatic rings. The van der Waals surface area contributed by atoms with E-state index in [4.69, 9.17) is 46.4 Å². The molecule has 0 radical (unpaired) electrons. The molecule has 7 nitrogen and oxygen atoms in total. The van der Waals surface area contributed by atoms with Gasteiger partial charge in [0, 0.05) is 18.1 Å². The molecule has 1 atom stereocenters. The predicted molar refractivity (Wildman–Crippen MR) is 162 cm³/mol. The molecule has 1 N–H and O–H groups in total. The van der Waals surface area contributed by atoms with Crippen LogP contribution in [0.1, 0.15) is 32.3 Å². The number of unbranched alkanes of at least 4 members (excludes halogenated alkanes) is 1. The minimum absolute atomic E-state index is 0.0272. The Morgan fingerprint density at radius 3 is 2.23 bits per heavy atom. The molecule has 3 rings (SSSR count). The highest BCUT2D eigenvalue weighted by Crippen LogP contribution is 2.33. The molecule has 0 heterocycles. The second kappa shape index (κ2) is 14.4. The van der Waals surface area contributed by atoms with Crippen molar-refractivity contribution in [3.05, 3.63) is 92.4 Å².